The van der Waals surface area contributed by atoms with Gasteiger partial charge >= 0.3 is 0 Å². The molecule has 4 unspecified atom stereocenters. The van der Waals surface area contributed by atoms with Gasteiger partial charge in [-0.05, 0) is 91.6 Å². The van der Waals surface area contributed by atoms with Crippen LogP contribution in [-0.2, 0) is 0 Å². The molecule has 3 fully saturated rings. The normalized spacial score (nSPS) is 45.5. The first kappa shape index (κ1) is 19.1. The van der Waals surface area contributed by atoms with Gasteiger partial charge in [0, 0.05) is 17.3 Å². The number of rotatable bonds is 1. The molecule has 8 atom stereocenters. The zero-order chi connectivity index (χ0) is 20.7. The molecule has 0 aliphatic heterocycles. The number of nitrogens with zero attached hydrogens (tertiary/aromatic N) is 1. The van der Waals surface area contributed by atoms with Crippen LogP contribution in [0.4, 0.5) is 0 Å². The van der Waals surface area contributed by atoms with E-state index < -0.39 is 0 Å². The Balaban J connectivity index is 1.37. The zero-order valence-corrected chi connectivity index (χ0v) is 18.3. The number of aliphatic hydroxyl groups is 2. The molecule has 0 spiro atoms. The maximum absolute atomic E-state index is 11.7. The van der Waals surface area contributed by atoms with E-state index in [1.165, 1.54) is 29.4 Å². The van der Waals surface area contributed by atoms with Crippen LogP contribution in [0.25, 0.3) is 16.6 Å². The van der Waals surface area contributed by atoms with Crippen LogP contribution in [0.3, 0.4) is 0 Å². The predicted octanol–water partition coefficient (Wildman–Crippen LogP) is 5.47. The van der Waals surface area contributed by atoms with Crippen molar-refractivity contribution < 1.29 is 10.2 Å². The molecule has 2 aromatic rings. The summed E-state index contributed by atoms with van der Waals surface area (Å²) in [4.78, 5) is 0. The molecule has 6 rings (SSSR count). The Morgan fingerprint density at radius 3 is 2.67 bits per heavy atom. The smallest absolute Gasteiger partial charge is 0.0654 e. The van der Waals surface area contributed by atoms with Gasteiger partial charge in [-0.2, -0.15) is 0 Å². The summed E-state index contributed by atoms with van der Waals surface area (Å²) in [5, 5.41) is 23.2. The van der Waals surface area contributed by atoms with Gasteiger partial charge in [0.15, 0.2) is 0 Å². The van der Waals surface area contributed by atoms with E-state index in [4.69, 9.17) is 0 Å². The largest absolute Gasteiger partial charge is 0.393 e. The number of hydrogen-bond donors (Lipinski definition) is 2. The van der Waals surface area contributed by atoms with Gasteiger partial charge in [0.1, 0.15) is 0 Å². The summed E-state index contributed by atoms with van der Waals surface area (Å²) in [5.41, 5.74) is 2.66. The van der Waals surface area contributed by atoms with Crippen molar-refractivity contribution in [3.05, 3.63) is 42.6 Å². The van der Waals surface area contributed by atoms with Crippen LogP contribution in [0.15, 0.2) is 42.6 Å². The van der Waals surface area contributed by atoms with Gasteiger partial charge < -0.3 is 14.8 Å². The van der Waals surface area contributed by atoms with Crippen molar-refractivity contribution in [1.82, 2.24) is 4.57 Å². The SMILES string of the molecule is C[C@@]12C(n3ccc4ccccc43)=CCC1C1CC[C@@H]3C[C@H](O)CC[C@]3(C)C1CC2O. The van der Waals surface area contributed by atoms with E-state index in [2.05, 4.69) is 61.0 Å². The second kappa shape index (κ2) is 6.46. The Bertz CT molecular complexity index is 1010. The lowest BCUT2D eigenvalue weighted by molar-refractivity contribution is -0.151. The van der Waals surface area contributed by atoms with Crippen LogP contribution >= 0.6 is 0 Å². The zero-order valence-electron chi connectivity index (χ0n) is 18.3. The standard InChI is InChI=1S/C27H35NO2/c1-26-13-11-19(29)15-18(26)7-8-20-21-9-10-24(27(21,2)25(30)16-22(20)26)28-14-12-17-5-3-4-6-23(17)28/h3-6,10,12,14,18-22,25,29-30H,7-9,11,13,15-16H2,1-2H3/t18-,19-,20?,21?,22?,25?,26+,27+/m1/s1. The minimum Gasteiger partial charge on any atom is -0.393 e. The number of hydrogen-bond acceptors (Lipinski definition) is 2. The van der Waals surface area contributed by atoms with Gasteiger partial charge in [-0.15, -0.1) is 0 Å². The monoisotopic (exact) mass is 405 g/mol. The fourth-order valence-electron chi connectivity index (χ4n) is 8.41. The van der Waals surface area contributed by atoms with Crippen molar-refractivity contribution in [1.29, 1.82) is 0 Å². The molecule has 0 saturated heterocycles. The summed E-state index contributed by atoms with van der Waals surface area (Å²) in [6, 6.07) is 10.8. The molecule has 4 aliphatic carbocycles. The molecule has 2 N–H and O–H groups in total. The van der Waals surface area contributed by atoms with Crippen LogP contribution in [0, 0.1) is 34.5 Å². The average Bonchev–Trinajstić information content (AvgIpc) is 3.31. The predicted molar refractivity (Wildman–Crippen MR) is 121 cm³/mol. The second-order valence-electron chi connectivity index (χ2n) is 11.2. The van der Waals surface area contributed by atoms with Crippen LogP contribution in [0.2, 0.25) is 0 Å². The Morgan fingerprint density at radius 1 is 0.967 bits per heavy atom. The van der Waals surface area contributed by atoms with Gasteiger partial charge in [0.2, 0.25) is 0 Å². The van der Waals surface area contributed by atoms with Gasteiger partial charge in [-0.1, -0.05) is 38.1 Å². The molecule has 3 heteroatoms. The van der Waals surface area contributed by atoms with E-state index in [-0.39, 0.29) is 23.0 Å². The van der Waals surface area contributed by atoms with E-state index in [0.717, 1.165) is 32.1 Å². The fourth-order valence-corrected chi connectivity index (χ4v) is 8.41. The van der Waals surface area contributed by atoms with Gasteiger partial charge in [0.25, 0.3) is 0 Å². The maximum atomic E-state index is 11.7. The number of benzene rings is 1. The third-order valence-electron chi connectivity index (χ3n) is 10.2. The highest BCUT2D eigenvalue weighted by Crippen LogP contribution is 2.67. The molecule has 1 aromatic heterocycles. The Hall–Kier alpha value is -1.58. The van der Waals surface area contributed by atoms with Gasteiger partial charge in [-0.3, -0.25) is 0 Å². The topological polar surface area (TPSA) is 45.4 Å². The lowest BCUT2D eigenvalue weighted by Gasteiger charge is -2.61. The minimum atomic E-state index is -0.305. The van der Waals surface area contributed by atoms with Crippen molar-refractivity contribution in [3.8, 4) is 0 Å². The van der Waals surface area contributed by atoms with Crippen molar-refractivity contribution in [3.63, 3.8) is 0 Å². The molecule has 30 heavy (non-hydrogen) atoms. The Labute approximate surface area is 179 Å². The summed E-state index contributed by atoms with van der Waals surface area (Å²) >= 11 is 0. The van der Waals surface area contributed by atoms with Crippen LogP contribution in [0.1, 0.15) is 58.8 Å². The lowest BCUT2D eigenvalue weighted by Crippen LogP contribution is -2.58. The third kappa shape index (κ3) is 2.40. The van der Waals surface area contributed by atoms with Crippen molar-refractivity contribution >= 4 is 16.6 Å². The van der Waals surface area contributed by atoms with E-state index >= 15 is 0 Å². The Kier molecular flexibility index (Phi) is 4.12. The highest BCUT2D eigenvalue weighted by molar-refractivity contribution is 5.84. The molecule has 3 nitrogen and oxygen atoms in total. The maximum Gasteiger partial charge on any atom is 0.0654 e. The quantitative estimate of drug-likeness (QED) is 0.661. The highest BCUT2D eigenvalue weighted by Gasteiger charge is 2.62. The number of aliphatic hydroxyl groups excluding tert-OH is 2. The van der Waals surface area contributed by atoms with E-state index in [0.29, 0.717) is 23.7 Å². The summed E-state index contributed by atoms with van der Waals surface area (Å²) in [5.74, 6) is 2.42. The highest BCUT2D eigenvalue weighted by atomic mass is 16.3. The summed E-state index contributed by atoms with van der Waals surface area (Å²) < 4.78 is 2.35. The summed E-state index contributed by atoms with van der Waals surface area (Å²) in [6.45, 7) is 4.82. The molecule has 0 amide bonds. The molecule has 1 aromatic carbocycles. The number of fused-ring (bicyclic) bond motifs is 6. The lowest BCUT2D eigenvalue weighted by atomic mass is 9.44. The molecule has 4 aliphatic rings. The van der Waals surface area contributed by atoms with Crippen LogP contribution < -0.4 is 0 Å². The van der Waals surface area contributed by atoms with Crippen LogP contribution in [-0.4, -0.2) is 27.0 Å². The molecular weight excluding hydrogens is 370 g/mol. The minimum absolute atomic E-state index is 0.111. The Morgan fingerprint density at radius 2 is 1.80 bits per heavy atom. The molecule has 0 bridgehead atoms. The summed E-state index contributed by atoms with van der Waals surface area (Å²) in [7, 11) is 0. The molecule has 1 heterocycles. The van der Waals surface area contributed by atoms with Crippen molar-refractivity contribution in [2.75, 3.05) is 0 Å². The van der Waals surface area contributed by atoms with Gasteiger partial charge in [-0.25, -0.2) is 0 Å². The number of aromatic nitrogens is 1. The number of para-hydroxylation sites is 1. The van der Waals surface area contributed by atoms with E-state index in [1.54, 1.807) is 0 Å². The fraction of sp³-hybridized carbons (Fsp3) is 0.630. The summed E-state index contributed by atoms with van der Waals surface area (Å²) in [6.07, 6.45) is 11.8. The number of allylic oxidation sites excluding steroid dienone is 1. The van der Waals surface area contributed by atoms with Crippen molar-refractivity contribution in [2.24, 2.45) is 34.5 Å². The van der Waals surface area contributed by atoms with Gasteiger partial charge in [0.05, 0.1) is 17.7 Å². The molecule has 160 valence electrons. The second-order valence-corrected chi connectivity index (χ2v) is 11.2. The molecule has 0 radical (unpaired) electrons. The first-order chi connectivity index (χ1) is 14.4. The first-order valence-corrected chi connectivity index (χ1v) is 12.1. The molecular formula is C27H35NO2. The third-order valence-corrected chi connectivity index (χ3v) is 10.2. The van der Waals surface area contributed by atoms with E-state index in [9.17, 15) is 10.2 Å². The first-order valence-electron chi connectivity index (χ1n) is 12.1. The average molecular weight is 406 g/mol. The van der Waals surface area contributed by atoms with Crippen LogP contribution in [0.5, 0.6) is 0 Å². The van der Waals surface area contributed by atoms with E-state index in [1.807, 2.05) is 0 Å². The molecule has 3 saturated carbocycles. The van der Waals surface area contributed by atoms with Crippen molar-refractivity contribution in [2.45, 2.75) is 71.0 Å².